The van der Waals surface area contributed by atoms with Crippen LogP contribution in [0.3, 0.4) is 0 Å². The van der Waals surface area contributed by atoms with Gasteiger partial charge >= 0.3 is 0 Å². The van der Waals surface area contributed by atoms with E-state index in [4.69, 9.17) is 4.74 Å². The Labute approximate surface area is 93.6 Å². The maximum absolute atomic E-state index is 5.80. The van der Waals surface area contributed by atoms with Gasteiger partial charge in [-0.05, 0) is 46.3 Å². The molecule has 0 radical (unpaired) electrons. The van der Waals surface area contributed by atoms with E-state index in [1.807, 2.05) is 6.07 Å². The molecule has 1 nitrogen and oxygen atoms in total. The summed E-state index contributed by atoms with van der Waals surface area (Å²) in [5, 5.41) is 0. The molecule has 76 valence electrons. The van der Waals surface area contributed by atoms with Crippen LogP contribution in [-0.4, -0.2) is 6.10 Å². The van der Waals surface area contributed by atoms with Gasteiger partial charge in [-0.1, -0.05) is 26.0 Å². The Bertz CT molecular complexity index is 329. The number of benzene rings is 1. The molecule has 0 heterocycles. The van der Waals surface area contributed by atoms with E-state index in [2.05, 4.69) is 41.9 Å². The van der Waals surface area contributed by atoms with Gasteiger partial charge in [0, 0.05) is 0 Å². The van der Waals surface area contributed by atoms with Gasteiger partial charge in [-0.2, -0.15) is 0 Å². The minimum absolute atomic E-state index is 0.466. The van der Waals surface area contributed by atoms with Gasteiger partial charge in [0.25, 0.3) is 0 Å². The Balaban J connectivity index is 2.25. The fourth-order valence-corrected chi connectivity index (χ4v) is 2.25. The van der Waals surface area contributed by atoms with Gasteiger partial charge < -0.3 is 4.74 Å². The highest BCUT2D eigenvalue weighted by molar-refractivity contribution is 9.10. The van der Waals surface area contributed by atoms with Crippen LogP contribution < -0.4 is 4.74 Å². The number of hydrogen-bond acceptors (Lipinski definition) is 1. The lowest BCUT2D eigenvalue weighted by atomic mass is 10.0. The number of halogens is 1. The van der Waals surface area contributed by atoms with Gasteiger partial charge in [-0.3, -0.25) is 0 Å². The Kier molecular flexibility index (Phi) is 2.82. The number of hydrogen-bond donors (Lipinski definition) is 0. The van der Waals surface area contributed by atoms with Crippen molar-refractivity contribution in [1.29, 1.82) is 0 Å². The molecule has 0 N–H and O–H groups in total. The molecule has 0 bridgehead atoms. The summed E-state index contributed by atoms with van der Waals surface area (Å²) in [5.41, 5.74) is 1.32. The van der Waals surface area contributed by atoms with E-state index in [0.717, 1.165) is 10.2 Å². The van der Waals surface area contributed by atoms with Crippen LogP contribution in [-0.2, 0) is 0 Å². The molecule has 1 aliphatic carbocycles. The molecule has 2 rings (SSSR count). The SMILES string of the molecule is CC(C)c1cccc(OC2CC2)c1Br. The fourth-order valence-electron chi connectivity index (χ4n) is 1.43. The standard InChI is InChI=1S/C12H15BrO/c1-8(2)10-4-3-5-11(12(10)13)14-9-6-7-9/h3-5,8-9H,6-7H2,1-2H3. The van der Waals surface area contributed by atoms with Gasteiger partial charge in [0.15, 0.2) is 0 Å². The summed E-state index contributed by atoms with van der Waals surface area (Å²) in [4.78, 5) is 0. The average Bonchev–Trinajstić information content (AvgIpc) is 2.92. The minimum atomic E-state index is 0.466. The molecule has 0 spiro atoms. The second-order valence-corrected chi connectivity index (χ2v) is 4.92. The second kappa shape index (κ2) is 3.93. The van der Waals surface area contributed by atoms with E-state index in [1.54, 1.807) is 0 Å². The summed E-state index contributed by atoms with van der Waals surface area (Å²) in [6, 6.07) is 6.25. The summed E-state index contributed by atoms with van der Waals surface area (Å²) in [6.07, 6.45) is 2.88. The largest absolute Gasteiger partial charge is 0.489 e. The molecule has 0 aliphatic heterocycles. The van der Waals surface area contributed by atoms with Crippen LogP contribution >= 0.6 is 15.9 Å². The van der Waals surface area contributed by atoms with Crippen molar-refractivity contribution >= 4 is 15.9 Å². The molecule has 2 heteroatoms. The molecule has 1 saturated carbocycles. The Hall–Kier alpha value is -0.500. The van der Waals surface area contributed by atoms with Crippen molar-refractivity contribution in [3.8, 4) is 5.75 Å². The smallest absolute Gasteiger partial charge is 0.134 e. The van der Waals surface area contributed by atoms with Crippen LogP contribution in [0.2, 0.25) is 0 Å². The minimum Gasteiger partial charge on any atom is -0.489 e. The predicted octanol–water partition coefficient (Wildman–Crippen LogP) is 4.11. The van der Waals surface area contributed by atoms with Gasteiger partial charge in [-0.25, -0.2) is 0 Å². The van der Waals surface area contributed by atoms with E-state index in [0.29, 0.717) is 12.0 Å². The quantitative estimate of drug-likeness (QED) is 0.789. The van der Waals surface area contributed by atoms with Crippen LogP contribution in [0.1, 0.15) is 38.2 Å². The zero-order valence-corrected chi connectivity index (χ0v) is 10.2. The van der Waals surface area contributed by atoms with Gasteiger partial charge in [0.05, 0.1) is 10.6 Å². The summed E-state index contributed by atoms with van der Waals surface area (Å²) in [6.45, 7) is 4.39. The topological polar surface area (TPSA) is 9.23 Å². The van der Waals surface area contributed by atoms with E-state index in [9.17, 15) is 0 Å². The number of ether oxygens (including phenoxy) is 1. The Morgan fingerprint density at radius 2 is 2.07 bits per heavy atom. The molecule has 1 aromatic rings. The van der Waals surface area contributed by atoms with E-state index in [1.165, 1.54) is 18.4 Å². The van der Waals surface area contributed by atoms with Crippen molar-refractivity contribution in [1.82, 2.24) is 0 Å². The summed E-state index contributed by atoms with van der Waals surface area (Å²) >= 11 is 3.61. The molecule has 0 amide bonds. The second-order valence-electron chi connectivity index (χ2n) is 4.13. The lowest BCUT2D eigenvalue weighted by Crippen LogP contribution is -1.99. The van der Waals surface area contributed by atoms with Crippen LogP contribution in [0.4, 0.5) is 0 Å². The van der Waals surface area contributed by atoms with Crippen molar-refractivity contribution in [3.05, 3.63) is 28.2 Å². The lowest BCUT2D eigenvalue weighted by molar-refractivity contribution is 0.301. The predicted molar refractivity (Wildman–Crippen MR) is 61.9 cm³/mol. The van der Waals surface area contributed by atoms with Crippen molar-refractivity contribution in [3.63, 3.8) is 0 Å². The number of rotatable bonds is 3. The summed E-state index contributed by atoms with van der Waals surface area (Å²) in [7, 11) is 0. The molecule has 0 atom stereocenters. The molecule has 1 aliphatic rings. The van der Waals surface area contributed by atoms with Crippen LogP contribution in [0.5, 0.6) is 5.75 Å². The lowest BCUT2D eigenvalue weighted by Gasteiger charge is -2.13. The fraction of sp³-hybridized carbons (Fsp3) is 0.500. The van der Waals surface area contributed by atoms with Gasteiger partial charge in [0.2, 0.25) is 0 Å². The molecular weight excluding hydrogens is 240 g/mol. The Morgan fingerprint density at radius 1 is 1.36 bits per heavy atom. The first-order valence-electron chi connectivity index (χ1n) is 5.13. The average molecular weight is 255 g/mol. The third kappa shape index (κ3) is 2.11. The zero-order chi connectivity index (χ0) is 10.1. The molecule has 1 aromatic carbocycles. The van der Waals surface area contributed by atoms with E-state index >= 15 is 0 Å². The van der Waals surface area contributed by atoms with Gasteiger partial charge in [0.1, 0.15) is 5.75 Å². The normalized spacial score (nSPS) is 16.0. The van der Waals surface area contributed by atoms with Gasteiger partial charge in [-0.15, -0.1) is 0 Å². The summed E-state index contributed by atoms with van der Waals surface area (Å²) < 4.78 is 6.93. The third-order valence-electron chi connectivity index (χ3n) is 2.43. The highest BCUT2D eigenvalue weighted by atomic mass is 79.9. The van der Waals surface area contributed by atoms with Crippen molar-refractivity contribution in [2.24, 2.45) is 0 Å². The van der Waals surface area contributed by atoms with E-state index < -0.39 is 0 Å². The van der Waals surface area contributed by atoms with Crippen molar-refractivity contribution < 1.29 is 4.74 Å². The highest BCUT2D eigenvalue weighted by Crippen LogP contribution is 2.36. The first kappa shape index (κ1) is 10.0. The van der Waals surface area contributed by atoms with E-state index in [-0.39, 0.29) is 0 Å². The van der Waals surface area contributed by atoms with Crippen LogP contribution in [0, 0.1) is 0 Å². The maximum Gasteiger partial charge on any atom is 0.134 e. The zero-order valence-electron chi connectivity index (χ0n) is 8.59. The molecule has 14 heavy (non-hydrogen) atoms. The van der Waals surface area contributed by atoms with Crippen LogP contribution in [0.15, 0.2) is 22.7 Å². The third-order valence-corrected chi connectivity index (χ3v) is 3.28. The molecule has 0 aromatic heterocycles. The van der Waals surface area contributed by atoms with Crippen molar-refractivity contribution in [2.75, 3.05) is 0 Å². The molecular formula is C12H15BrO. The first-order chi connectivity index (χ1) is 6.68. The first-order valence-corrected chi connectivity index (χ1v) is 5.93. The summed E-state index contributed by atoms with van der Waals surface area (Å²) in [5.74, 6) is 1.53. The van der Waals surface area contributed by atoms with Crippen LogP contribution in [0.25, 0.3) is 0 Å². The molecule has 0 unspecified atom stereocenters. The monoisotopic (exact) mass is 254 g/mol. The maximum atomic E-state index is 5.80. The Morgan fingerprint density at radius 3 is 2.64 bits per heavy atom. The highest BCUT2D eigenvalue weighted by Gasteiger charge is 2.24. The molecule has 0 saturated heterocycles. The molecule has 1 fully saturated rings. The van der Waals surface area contributed by atoms with Crippen molar-refractivity contribution in [2.45, 2.75) is 38.7 Å².